The number of esters is 1. The summed E-state index contributed by atoms with van der Waals surface area (Å²) in [5, 5.41) is 3.66. The van der Waals surface area contributed by atoms with Gasteiger partial charge in [-0.15, -0.1) is 0 Å². The first-order valence-electron chi connectivity index (χ1n) is 8.79. The molecule has 0 saturated carbocycles. The number of amides is 1. The highest BCUT2D eigenvalue weighted by molar-refractivity contribution is 5.97. The number of aromatic nitrogens is 1. The molecule has 0 unspecified atom stereocenters. The molecule has 0 fully saturated rings. The molecule has 0 aliphatic heterocycles. The van der Waals surface area contributed by atoms with E-state index in [1.165, 1.54) is 5.56 Å². The molecule has 0 bridgehead atoms. The lowest BCUT2D eigenvalue weighted by molar-refractivity contribution is -0.119. The second kappa shape index (κ2) is 8.34. The third kappa shape index (κ3) is 4.51. The fourth-order valence-corrected chi connectivity index (χ4v) is 2.72. The number of hydrogen-bond donors (Lipinski definition) is 2. The third-order valence-corrected chi connectivity index (χ3v) is 4.14. The molecule has 134 valence electrons. The van der Waals surface area contributed by atoms with Gasteiger partial charge in [0.15, 0.2) is 6.61 Å². The summed E-state index contributed by atoms with van der Waals surface area (Å²) >= 11 is 0. The van der Waals surface area contributed by atoms with Crippen molar-refractivity contribution in [2.45, 2.75) is 26.2 Å². The molecule has 5 nitrogen and oxygen atoms in total. The molecule has 0 atom stereocenters. The number of rotatable bonds is 7. The van der Waals surface area contributed by atoms with Crippen molar-refractivity contribution in [1.82, 2.24) is 4.98 Å². The van der Waals surface area contributed by atoms with E-state index in [4.69, 9.17) is 4.74 Å². The van der Waals surface area contributed by atoms with Crippen molar-refractivity contribution in [2.75, 3.05) is 11.9 Å². The average Bonchev–Trinajstić information content (AvgIpc) is 3.10. The van der Waals surface area contributed by atoms with Crippen molar-refractivity contribution < 1.29 is 14.3 Å². The summed E-state index contributed by atoms with van der Waals surface area (Å²) in [4.78, 5) is 27.0. The van der Waals surface area contributed by atoms with Crippen molar-refractivity contribution in [2.24, 2.45) is 0 Å². The summed E-state index contributed by atoms with van der Waals surface area (Å²) in [6.07, 6.45) is 3.34. The number of ether oxygens (including phenoxy) is 1. The first kappa shape index (κ1) is 17.7. The van der Waals surface area contributed by atoms with Gasteiger partial charge in [0.2, 0.25) is 0 Å². The predicted molar refractivity (Wildman–Crippen MR) is 102 cm³/mol. The number of nitrogens with one attached hydrogen (secondary N) is 2. The van der Waals surface area contributed by atoms with Gasteiger partial charge in [0.05, 0.1) is 0 Å². The largest absolute Gasteiger partial charge is 0.451 e. The van der Waals surface area contributed by atoms with Crippen LogP contribution in [-0.2, 0) is 16.0 Å². The van der Waals surface area contributed by atoms with Gasteiger partial charge in [-0.1, -0.05) is 43.7 Å². The quantitative estimate of drug-likeness (QED) is 0.624. The van der Waals surface area contributed by atoms with Crippen molar-refractivity contribution in [1.29, 1.82) is 0 Å². The number of hydrogen-bond acceptors (Lipinski definition) is 3. The van der Waals surface area contributed by atoms with Crippen LogP contribution in [-0.4, -0.2) is 23.5 Å². The van der Waals surface area contributed by atoms with Gasteiger partial charge in [-0.3, -0.25) is 4.79 Å². The minimum Gasteiger partial charge on any atom is -0.451 e. The minimum absolute atomic E-state index is 0.328. The Labute approximate surface area is 152 Å². The highest BCUT2D eigenvalue weighted by Crippen LogP contribution is 2.15. The molecule has 3 aromatic rings. The summed E-state index contributed by atoms with van der Waals surface area (Å²) < 4.78 is 5.09. The number of fused-ring (bicyclic) bond motifs is 1. The van der Waals surface area contributed by atoms with Crippen LogP contribution in [0.4, 0.5) is 5.69 Å². The Hall–Kier alpha value is -3.08. The van der Waals surface area contributed by atoms with Crippen LogP contribution in [0, 0.1) is 0 Å². The van der Waals surface area contributed by atoms with Gasteiger partial charge in [0.1, 0.15) is 5.69 Å². The Bertz CT molecular complexity index is 864. The highest BCUT2D eigenvalue weighted by Gasteiger charge is 2.13. The third-order valence-electron chi connectivity index (χ3n) is 4.14. The number of aryl methyl sites for hydroxylation is 1. The number of carbonyl (C=O) groups excluding carboxylic acids is 2. The molecule has 1 amide bonds. The van der Waals surface area contributed by atoms with Gasteiger partial charge < -0.3 is 15.0 Å². The molecule has 26 heavy (non-hydrogen) atoms. The van der Waals surface area contributed by atoms with Gasteiger partial charge >= 0.3 is 5.97 Å². The molecular formula is C21H22N2O3. The zero-order valence-electron chi connectivity index (χ0n) is 14.7. The van der Waals surface area contributed by atoms with Crippen LogP contribution in [0.1, 0.15) is 35.8 Å². The maximum atomic E-state index is 12.1. The molecular weight excluding hydrogens is 328 g/mol. The van der Waals surface area contributed by atoms with E-state index in [1.807, 2.05) is 48.5 Å². The normalized spacial score (nSPS) is 10.7. The van der Waals surface area contributed by atoms with Crippen molar-refractivity contribution in [3.8, 4) is 0 Å². The maximum Gasteiger partial charge on any atom is 0.355 e. The second-order valence-corrected chi connectivity index (χ2v) is 6.20. The van der Waals surface area contributed by atoms with Gasteiger partial charge in [-0.25, -0.2) is 4.79 Å². The van der Waals surface area contributed by atoms with Crippen LogP contribution in [0.15, 0.2) is 54.6 Å². The van der Waals surface area contributed by atoms with E-state index in [9.17, 15) is 9.59 Å². The van der Waals surface area contributed by atoms with E-state index in [-0.39, 0.29) is 12.5 Å². The zero-order chi connectivity index (χ0) is 18.4. The summed E-state index contributed by atoms with van der Waals surface area (Å²) in [5.74, 6) is -0.915. The van der Waals surface area contributed by atoms with Crippen LogP contribution in [0.25, 0.3) is 10.9 Å². The molecule has 1 aromatic heterocycles. The summed E-state index contributed by atoms with van der Waals surface area (Å²) in [6.45, 7) is 1.83. The number of para-hydroxylation sites is 1. The molecule has 2 aromatic carbocycles. The Balaban J connectivity index is 1.51. The Morgan fingerprint density at radius 1 is 1.08 bits per heavy atom. The number of H-pyrrole nitrogens is 1. The highest BCUT2D eigenvalue weighted by atomic mass is 16.5. The molecule has 5 heteroatoms. The van der Waals surface area contributed by atoms with Gasteiger partial charge in [0, 0.05) is 16.6 Å². The number of anilines is 1. The number of aromatic amines is 1. The average molecular weight is 350 g/mol. The second-order valence-electron chi connectivity index (χ2n) is 6.20. The van der Waals surface area contributed by atoms with Gasteiger partial charge in [-0.05, 0) is 42.7 Å². The summed E-state index contributed by atoms with van der Waals surface area (Å²) in [5.41, 5.74) is 3.12. The lowest BCUT2D eigenvalue weighted by Crippen LogP contribution is -2.21. The van der Waals surface area contributed by atoms with Gasteiger partial charge in [0.25, 0.3) is 5.91 Å². The standard InChI is InChI=1S/C21H22N2O3/c1-2-3-6-15-9-11-17(12-10-15)22-20(24)14-26-21(25)19-13-16-7-4-5-8-18(16)23-19/h4-5,7-13,23H,2-3,6,14H2,1H3,(H,22,24). The van der Waals surface area contributed by atoms with E-state index >= 15 is 0 Å². The van der Waals surface area contributed by atoms with Crippen molar-refractivity contribution in [3.05, 3.63) is 65.9 Å². The molecule has 0 spiro atoms. The molecule has 3 rings (SSSR count). The SMILES string of the molecule is CCCCc1ccc(NC(=O)COC(=O)c2cc3ccccc3[nH]2)cc1. The lowest BCUT2D eigenvalue weighted by Gasteiger charge is -2.07. The first-order chi connectivity index (χ1) is 12.7. The lowest BCUT2D eigenvalue weighted by atomic mass is 10.1. The fourth-order valence-electron chi connectivity index (χ4n) is 2.72. The van der Waals surface area contributed by atoms with E-state index in [0.29, 0.717) is 11.4 Å². The monoisotopic (exact) mass is 350 g/mol. The molecule has 0 aliphatic carbocycles. The smallest absolute Gasteiger partial charge is 0.355 e. The Morgan fingerprint density at radius 3 is 2.58 bits per heavy atom. The van der Waals surface area contributed by atoms with Gasteiger partial charge in [-0.2, -0.15) is 0 Å². The van der Waals surface area contributed by atoms with Crippen LogP contribution in [0.3, 0.4) is 0 Å². The summed E-state index contributed by atoms with van der Waals surface area (Å²) in [6, 6.07) is 17.0. The van der Waals surface area contributed by atoms with Crippen molar-refractivity contribution >= 4 is 28.5 Å². The Morgan fingerprint density at radius 2 is 1.85 bits per heavy atom. The minimum atomic E-state index is -0.550. The molecule has 0 aliphatic rings. The Kier molecular flexibility index (Phi) is 5.69. The van der Waals surface area contributed by atoms with E-state index in [1.54, 1.807) is 6.07 Å². The molecule has 1 heterocycles. The first-order valence-corrected chi connectivity index (χ1v) is 8.79. The maximum absolute atomic E-state index is 12.1. The van der Waals surface area contributed by atoms with Crippen LogP contribution < -0.4 is 5.32 Å². The number of unbranched alkanes of at least 4 members (excludes halogenated alkanes) is 1. The van der Waals surface area contributed by atoms with Crippen LogP contribution in [0.5, 0.6) is 0 Å². The van der Waals surface area contributed by atoms with E-state index < -0.39 is 5.97 Å². The van der Waals surface area contributed by atoms with E-state index in [2.05, 4.69) is 17.2 Å². The topological polar surface area (TPSA) is 71.2 Å². The number of benzene rings is 2. The summed E-state index contributed by atoms with van der Waals surface area (Å²) in [7, 11) is 0. The fraction of sp³-hybridized carbons (Fsp3) is 0.238. The molecule has 0 saturated heterocycles. The zero-order valence-corrected chi connectivity index (χ0v) is 14.7. The number of carbonyl (C=O) groups is 2. The van der Waals surface area contributed by atoms with Crippen LogP contribution >= 0.6 is 0 Å². The van der Waals surface area contributed by atoms with Crippen LogP contribution in [0.2, 0.25) is 0 Å². The van der Waals surface area contributed by atoms with E-state index in [0.717, 1.165) is 30.2 Å². The van der Waals surface area contributed by atoms with Crippen molar-refractivity contribution in [3.63, 3.8) is 0 Å². The molecule has 2 N–H and O–H groups in total. The molecule has 0 radical (unpaired) electrons. The predicted octanol–water partition coefficient (Wildman–Crippen LogP) is 4.31.